The molecule has 0 unspecified atom stereocenters. The smallest absolute Gasteiger partial charge is 0.123 e. The zero-order valence-corrected chi connectivity index (χ0v) is 14.3. The summed E-state index contributed by atoms with van der Waals surface area (Å²) in [6, 6.07) is 14.3. The van der Waals surface area contributed by atoms with Gasteiger partial charge in [0.1, 0.15) is 5.82 Å². The molecule has 5 heteroatoms. The maximum atomic E-state index is 13.2. The highest BCUT2D eigenvalue weighted by Crippen LogP contribution is 2.26. The fraction of sp³-hybridized carbons (Fsp3) is 0.0952. The van der Waals surface area contributed by atoms with Crippen molar-refractivity contribution in [3.8, 4) is 11.3 Å². The third-order valence-electron chi connectivity index (χ3n) is 4.22. The summed E-state index contributed by atoms with van der Waals surface area (Å²) in [5.41, 5.74) is 5.53. The lowest BCUT2D eigenvalue weighted by atomic mass is 10.1. The van der Waals surface area contributed by atoms with Gasteiger partial charge in [0, 0.05) is 41.3 Å². The molecule has 0 atom stereocenters. The fourth-order valence-corrected chi connectivity index (χ4v) is 2.78. The Morgan fingerprint density at radius 3 is 2.54 bits per heavy atom. The zero-order chi connectivity index (χ0) is 17.9. The highest BCUT2D eigenvalue weighted by molar-refractivity contribution is 5.92. The summed E-state index contributed by atoms with van der Waals surface area (Å²) in [6.45, 7) is 2.64. The average molecular weight is 344 g/mol. The summed E-state index contributed by atoms with van der Waals surface area (Å²) in [5.74, 6) is -0.259. The number of hydrogen-bond donors (Lipinski definition) is 1. The van der Waals surface area contributed by atoms with E-state index in [2.05, 4.69) is 26.3 Å². The van der Waals surface area contributed by atoms with Crippen molar-refractivity contribution in [2.24, 2.45) is 0 Å². The minimum atomic E-state index is -0.259. The molecule has 128 valence electrons. The van der Waals surface area contributed by atoms with Crippen molar-refractivity contribution in [1.82, 2.24) is 15.0 Å². The standard InChI is InChI=1S/C21H17FN4/c1-14-2-3-15(11-24-14)12-25-19-8-9-23-21-13-26-20(10-18(19)21)16-4-6-17(22)7-5-16/h2-11,13H,12H2,1H3,(H,23,25). The number of aryl methyl sites for hydroxylation is 1. The summed E-state index contributed by atoms with van der Waals surface area (Å²) >= 11 is 0. The highest BCUT2D eigenvalue weighted by Gasteiger charge is 2.07. The first kappa shape index (κ1) is 16.1. The van der Waals surface area contributed by atoms with Gasteiger partial charge in [-0.15, -0.1) is 0 Å². The van der Waals surface area contributed by atoms with E-state index in [0.717, 1.165) is 39.1 Å². The first-order valence-electron chi connectivity index (χ1n) is 8.35. The van der Waals surface area contributed by atoms with Crippen molar-refractivity contribution < 1.29 is 4.39 Å². The Kier molecular flexibility index (Phi) is 4.27. The number of benzene rings is 1. The van der Waals surface area contributed by atoms with Gasteiger partial charge in [0.2, 0.25) is 0 Å². The Balaban J connectivity index is 1.66. The van der Waals surface area contributed by atoms with Crippen molar-refractivity contribution in [3.63, 3.8) is 0 Å². The number of anilines is 1. The molecule has 0 saturated carbocycles. The number of halogens is 1. The molecule has 1 aromatic carbocycles. The van der Waals surface area contributed by atoms with Crippen molar-refractivity contribution in [1.29, 1.82) is 0 Å². The number of pyridine rings is 3. The normalized spacial score (nSPS) is 10.8. The molecule has 0 aliphatic heterocycles. The largest absolute Gasteiger partial charge is 0.380 e. The Labute approximate surface area is 150 Å². The van der Waals surface area contributed by atoms with Gasteiger partial charge in [-0.1, -0.05) is 6.07 Å². The lowest BCUT2D eigenvalue weighted by molar-refractivity contribution is 0.628. The van der Waals surface area contributed by atoms with Gasteiger partial charge in [-0.25, -0.2) is 4.39 Å². The van der Waals surface area contributed by atoms with Crippen LogP contribution in [0.25, 0.3) is 22.2 Å². The molecule has 0 radical (unpaired) electrons. The van der Waals surface area contributed by atoms with Crippen LogP contribution in [0.3, 0.4) is 0 Å². The van der Waals surface area contributed by atoms with Gasteiger partial charge in [-0.05, 0) is 55.0 Å². The van der Waals surface area contributed by atoms with Crippen LogP contribution < -0.4 is 5.32 Å². The van der Waals surface area contributed by atoms with E-state index < -0.39 is 0 Å². The van der Waals surface area contributed by atoms with E-state index in [1.165, 1.54) is 12.1 Å². The zero-order valence-electron chi connectivity index (χ0n) is 14.3. The van der Waals surface area contributed by atoms with Crippen molar-refractivity contribution in [2.75, 3.05) is 5.32 Å². The van der Waals surface area contributed by atoms with Crippen LogP contribution in [0, 0.1) is 12.7 Å². The molecular weight excluding hydrogens is 327 g/mol. The monoisotopic (exact) mass is 344 g/mol. The molecule has 0 spiro atoms. The number of hydrogen-bond acceptors (Lipinski definition) is 4. The number of fused-ring (bicyclic) bond motifs is 1. The Morgan fingerprint density at radius 1 is 0.923 bits per heavy atom. The number of nitrogens with one attached hydrogen (secondary N) is 1. The maximum Gasteiger partial charge on any atom is 0.123 e. The van der Waals surface area contributed by atoms with Gasteiger partial charge >= 0.3 is 0 Å². The van der Waals surface area contributed by atoms with Gasteiger partial charge in [0.15, 0.2) is 0 Å². The van der Waals surface area contributed by atoms with Crippen LogP contribution in [-0.2, 0) is 6.54 Å². The fourth-order valence-electron chi connectivity index (χ4n) is 2.78. The van der Waals surface area contributed by atoms with Crippen LogP contribution in [0.1, 0.15) is 11.3 Å². The van der Waals surface area contributed by atoms with Crippen LogP contribution >= 0.6 is 0 Å². The summed E-state index contributed by atoms with van der Waals surface area (Å²) in [6.07, 6.45) is 5.38. The van der Waals surface area contributed by atoms with Gasteiger partial charge in [-0.3, -0.25) is 15.0 Å². The van der Waals surface area contributed by atoms with E-state index in [0.29, 0.717) is 6.54 Å². The molecule has 0 saturated heterocycles. The SMILES string of the molecule is Cc1ccc(CNc2ccnc3cnc(-c4ccc(F)cc4)cc23)cn1. The Morgan fingerprint density at radius 2 is 1.77 bits per heavy atom. The van der Waals surface area contributed by atoms with Crippen LogP contribution in [0.4, 0.5) is 10.1 Å². The Hall–Kier alpha value is -3.34. The lowest BCUT2D eigenvalue weighted by Gasteiger charge is -2.10. The van der Waals surface area contributed by atoms with Crippen LogP contribution in [0.5, 0.6) is 0 Å². The van der Waals surface area contributed by atoms with Crippen LogP contribution in [0.15, 0.2) is 67.1 Å². The third kappa shape index (κ3) is 3.37. The number of aromatic nitrogens is 3. The molecule has 0 aliphatic carbocycles. The second kappa shape index (κ2) is 6.88. The molecule has 0 bridgehead atoms. The second-order valence-electron chi connectivity index (χ2n) is 6.11. The molecule has 3 heterocycles. The minimum absolute atomic E-state index is 0.259. The first-order chi connectivity index (χ1) is 12.7. The van der Waals surface area contributed by atoms with E-state index in [1.807, 2.05) is 31.3 Å². The van der Waals surface area contributed by atoms with Gasteiger partial charge in [0.25, 0.3) is 0 Å². The van der Waals surface area contributed by atoms with Crippen LogP contribution in [0.2, 0.25) is 0 Å². The van der Waals surface area contributed by atoms with Gasteiger partial charge in [0.05, 0.1) is 17.4 Å². The molecular formula is C21H17FN4. The van der Waals surface area contributed by atoms with E-state index in [9.17, 15) is 4.39 Å². The van der Waals surface area contributed by atoms with Crippen molar-refractivity contribution >= 4 is 16.6 Å². The predicted octanol–water partition coefficient (Wildman–Crippen LogP) is 4.75. The molecule has 1 N–H and O–H groups in total. The van der Waals surface area contributed by atoms with E-state index in [-0.39, 0.29) is 5.82 Å². The van der Waals surface area contributed by atoms with E-state index >= 15 is 0 Å². The number of rotatable bonds is 4. The molecule has 4 nitrogen and oxygen atoms in total. The first-order valence-corrected chi connectivity index (χ1v) is 8.35. The third-order valence-corrected chi connectivity index (χ3v) is 4.22. The van der Waals surface area contributed by atoms with E-state index in [1.54, 1.807) is 24.5 Å². The van der Waals surface area contributed by atoms with Crippen molar-refractivity contribution in [3.05, 3.63) is 84.2 Å². The number of nitrogens with zero attached hydrogens (tertiary/aromatic N) is 3. The summed E-state index contributed by atoms with van der Waals surface area (Å²) in [5, 5.41) is 4.42. The maximum absolute atomic E-state index is 13.2. The van der Waals surface area contributed by atoms with Gasteiger partial charge in [-0.2, -0.15) is 0 Å². The highest BCUT2D eigenvalue weighted by atomic mass is 19.1. The average Bonchev–Trinajstić information content (AvgIpc) is 2.68. The second-order valence-corrected chi connectivity index (χ2v) is 6.11. The molecule has 0 fully saturated rings. The molecule has 26 heavy (non-hydrogen) atoms. The molecule has 3 aromatic heterocycles. The topological polar surface area (TPSA) is 50.7 Å². The molecule has 0 amide bonds. The molecule has 4 rings (SSSR count). The summed E-state index contributed by atoms with van der Waals surface area (Å²) < 4.78 is 13.2. The molecule has 4 aromatic rings. The van der Waals surface area contributed by atoms with E-state index in [4.69, 9.17) is 0 Å². The molecule has 0 aliphatic rings. The quantitative estimate of drug-likeness (QED) is 0.580. The summed E-state index contributed by atoms with van der Waals surface area (Å²) in [7, 11) is 0. The predicted molar refractivity (Wildman–Crippen MR) is 101 cm³/mol. The summed E-state index contributed by atoms with van der Waals surface area (Å²) in [4.78, 5) is 13.2. The van der Waals surface area contributed by atoms with Crippen molar-refractivity contribution in [2.45, 2.75) is 13.5 Å². The van der Waals surface area contributed by atoms with Gasteiger partial charge < -0.3 is 5.32 Å². The minimum Gasteiger partial charge on any atom is -0.380 e. The van der Waals surface area contributed by atoms with Crippen LogP contribution in [-0.4, -0.2) is 15.0 Å². The Bertz CT molecular complexity index is 1040. The lowest BCUT2D eigenvalue weighted by Crippen LogP contribution is -2.01.